The lowest BCUT2D eigenvalue weighted by Crippen LogP contribution is -2.24. The van der Waals surface area contributed by atoms with Crippen LogP contribution in [0.5, 0.6) is 5.75 Å². The van der Waals surface area contributed by atoms with E-state index in [1.165, 1.54) is 24.0 Å². The molecule has 0 spiro atoms. The van der Waals surface area contributed by atoms with E-state index in [0.29, 0.717) is 0 Å². The summed E-state index contributed by atoms with van der Waals surface area (Å²) in [6, 6.07) is 6.57. The topological polar surface area (TPSA) is 30.5 Å². The first-order valence-electron chi connectivity index (χ1n) is 7.16. The summed E-state index contributed by atoms with van der Waals surface area (Å²) in [4.78, 5) is 0. The van der Waals surface area contributed by atoms with Crippen molar-refractivity contribution in [1.29, 1.82) is 0 Å². The second kappa shape index (κ2) is 6.92. The van der Waals surface area contributed by atoms with Gasteiger partial charge >= 0.3 is 0 Å². The number of methoxy groups -OCH3 is 1. The molecule has 1 saturated carbocycles. The molecule has 1 aliphatic rings. The molecule has 1 aromatic carbocycles. The van der Waals surface area contributed by atoms with Crippen LogP contribution in [0, 0.1) is 12.8 Å². The summed E-state index contributed by atoms with van der Waals surface area (Å²) in [5.41, 5.74) is 2.47. The van der Waals surface area contributed by atoms with Crippen LogP contribution in [0.3, 0.4) is 0 Å². The van der Waals surface area contributed by atoms with Gasteiger partial charge in [0.1, 0.15) is 5.75 Å². The maximum absolute atomic E-state index is 5.63. The molecule has 1 N–H and O–H groups in total. The summed E-state index contributed by atoms with van der Waals surface area (Å²) >= 11 is 0. The summed E-state index contributed by atoms with van der Waals surface area (Å²) in [6.07, 6.45) is 2.70. The predicted octanol–water partition coefficient (Wildman–Crippen LogP) is 3.08. The Kier molecular flexibility index (Phi) is 5.23. The van der Waals surface area contributed by atoms with Crippen molar-refractivity contribution in [3.63, 3.8) is 0 Å². The smallest absolute Gasteiger partial charge is 0.123 e. The Bertz CT molecular complexity index is 402. The van der Waals surface area contributed by atoms with Gasteiger partial charge in [0.05, 0.1) is 13.7 Å². The van der Waals surface area contributed by atoms with Crippen molar-refractivity contribution in [1.82, 2.24) is 5.32 Å². The third kappa shape index (κ3) is 4.51. The van der Waals surface area contributed by atoms with E-state index in [1.54, 1.807) is 7.11 Å². The van der Waals surface area contributed by atoms with Gasteiger partial charge in [0.2, 0.25) is 0 Å². The molecule has 0 saturated heterocycles. The number of hydrogen-bond acceptors (Lipinski definition) is 3. The largest absolute Gasteiger partial charge is 0.496 e. The molecule has 0 amide bonds. The number of nitrogens with one attached hydrogen (secondary N) is 1. The third-order valence-corrected chi connectivity index (χ3v) is 3.60. The van der Waals surface area contributed by atoms with Crippen LogP contribution in [0.2, 0.25) is 0 Å². The molecule has 2 rings (SSSR count). The van der Waals surface area contributed by atoms with E-state index in [0.717, 1.165) is 31.4 Å². The number of aryl methyl sites for hydroxylation is 1. The highest BCUT2D eigenvalue weighted by molar-refractivity contribution is 5.38. The first-order chi connectivity index (χ1) is 9.20. The van der Waals surface area contributed by atoms with Crippen LogP contribution in [0.25, 0.3) is 0 Å². The summed E-state index contributed by atoms with van der Waals surface area (Å²) in [6.45, 7) is 6.87. The van der Waals surface area contributed by atoms with Crippen molar-refractivity contribution >= 4 is 0 Å². The molecule has 0 bridgehead atoms. The zero-order valence-corrected chi connectivity index (χ0v) is 12.2. The van der Waals surface area contributed by atoms with Gasteiger partial charge in [-0.15, -0.1) is 0 Å². The normalized spacial score (nSPS) is 16.4. The maximum atomic E-state index is 5.63. The minimum absolute atomic E-state index is 0.277. The molecule has 0 heterocycles. The number of rotatable bonds is 8. The van der Waals surface area contributed by atoms with Gasteiger partial charge in [-0.05, 0) is 38.7 Å². The van der Waals surface area contributed by atoms with Crippen molar-refractivity contribution in [3.05, 3.63) is 29.3 Å². The standard InChI is InChI=1S/C16H25NO2/c1-12-4-7-16(18-3)15(10-12)13(2)17-8-9-19-11-14-5-6-14/h4,7,10,13-14,17H,5-6,8-9,11H2,1-3H3. The van der Waals surface area contributed by atoms with Gasteiger partial charge in [-0.2, -0.15) is 0 Å². The van der Waals surface area contributed by atoms with Crippen LogP contribution < -0.4 is 10.1 Å². The molecule has 1 aromatic rings. The SMILES string of the molecule is COc1ccc(C)cc1C(C)NCCOCC1CC1. The molecule has 3 heteroatoms. The van der Waals surface area contributed by atoms with Crippen LogP contribution in [-0.4, -0.2) is 26.9 Å². The lowest BCUT2D eigenvalue weighted by Gasteiger charge is -2.18. The Morgan fingerprint density at radius 2 is 2.16 bits per heavy atom. The van der Waals surface area contributed by atoms with E-state index < -0.39 is 0 Å². The van der Waals surface area contributed by atoms with Crippen molar-refractivity contribution in [2.24, 2.45) is 5.92 Å². The molecule has 0 radical (unpaired) electrons. The fraction of sp³-hybridized carbons (Fsp3) is 0.625. The highest BCUT2D eigenvalue weighted by atomic mass is 16.5. The average Bonchev–Trinajstić information content (AvgIpc) is 3.22. The first kappa shape index (κ1) is 14.4. The number of benzene rings is 1. The average molecular weight is 263 g/mol. The molecule has 0 aromatic heterocycles. The minimum Gasteiger partial charge on any atom is -0.496 e. The molecular formula is C16H25NO2. The van der Waals surface area contributed by atoms with E-state index in [1.807, 2.05) is 6.07 Å². The third-order valence-electron chi connectivity index (χ3n) is 3.60. The van der Waals surface area contributed by atoms with Crippen molar-refractivity contribution in [2.75, 3.05) is 26.9 Å². The van der Waals surface area contributed by atoms with E-state index in [-0.39, 0.29) is 6.04 Å². The molecule has 1 unspecified atom stereocenters. The molecular weight excluding hydrogens is 238 g/mol. The van der Waals surface area contributed by atoms with Gasteiger partial charge in [-0.25, -0.2) is 0 Å². The maximum Gasteiger partial charge on any atom is 0.123 e. The van der Waals surface area contributed by atoms with Gasteiger partial charge in [-0.3, -0.25) is 0 Å². The van der Waals surface area contributed by atoms with Gasteiger partial charge in [0, 0.05) is 24.8 Å². The van der Waals surface area contributed by atoms with E-state index in [4.69, 9.17) is 9.47 Å². The highest BCUT2D eigenvalue weighted by Gasteiger charge is 2.20. The van der Waals surface area contributed by atoms with Crippen molar-refractivity contribution in [2.45, 2.75) is 32.7 Å². The Morgan fingerprint density at radius 1 is 1.37 bits per heavy atom. The second-order valence-electron chi connectivity index (χ2n) is 5.44. The Hall–Kier alpha value is -1.06. The monoisotopic (exact) mass is 263 g/mol. The predicted molar refractivity (Wildman–Crippen MR) is 77.7 cm³/mol. The van der Waals surface area contributed by atoms with Gasteiger partial charge in [-0.1, -0.05) is 17.7 Å². The van der Waals surface area contributed by atoms with Gasteiger partial charge in [0.15, 0.2) is 0 Å². The lowest BCUT2D eigenvalue weighted by molar-refractivity contribution is 0.124. The van der Waals surface area contributed by atoms with Gasteiger partial charge in [0.25, 0.3) is 0 Å². The molecule has 3 nitrogen and oxygen atoms in total. The molecule has 1 fully saturated rings. The summed E-state index contributed by atoms with van der Waals surface area (Å²) in [5.74, 6) is 1.79. The van der Waals surface area contributed by atoms with E-state index >= 15 is 0 Å². The van der Waals surface area contributed by atoms with Crippen LogP contribution in [0.1, 0.15) is 36.9 Å². The zero-order chi connectivity index (χ0) is 13.7. The first-order valence-corrected chi connectivity index (χ1v) is 7.16. The molecule has 19 heavy (non-hydrogen) atoms. The Morgan fingerprint density at radius 3 is 2.84 bits per heavy atom. The van der Waals surface area contributed by atoms with E-state index in [9.17, 15) is 0 Å². The minimum atomic E-state index is 0.277. The van der Waals surface area contributed by atoms with Crippen molar-refractivity contribution < 1.29 is 9.47 Å². The highest BCUT2D eigenvalue weighted by Crippen LogP contribution is 2.28. The fourth-order valence-corrected chi connectivity index (χ4v) is 2.18. The number of hydrogen-bond donors (Lipinski definition) is 1. The zero-order valence-electron chi connectivity index (χ0n) is 12.2. The summed E-state index contributed by atoms with van der Waals surface area (Å²) in [7, 11) is 1.72. The number of ether oxygens (including phenoxy) is 2. The van der Waals surface area contributed by atoms with Crippen LogP contribution in [0.15, 0.2) is 18.2 Å². The molecule has 1 atom stereocenters. The Balaban J connectivity index is 1.77. The van der Waals surface area contributed by atoms with Crippen LogP contribution >= 0.6 is 0 Å². The summed E-state index contributed by atoms with van der Waals surface area (Å²) in [5, 5.41) is 3.49. The molecule has 0 aliphatic heterocycles. The van der Waals surface area contributed by atoms with Crippen LogP contribution in [0.4, 0.5) is 0 Å². The van der Waals surface area contributed by atoms with E-state index in [2.05, 4.69) is 31.3 Å². The molecule has 1 aliphatic carbocycles. The quantitative estimate of drug-likeness (QED) is 0.731. The second-order valence-corrected chi connectivity index (χ2v) is 5.44. The summed E-state index contributed by atoms with van der Waals surface area (Å²) < 4.78 is 11.0. The van der Waals surface area contributed by atoms with Crippen molar-refractivity contribution in [3.8, 4) is 5.75 Å². The molecule has 106 valence electrons. The van der Waals surface area contributed by atoms with Gasteiger partial charge < -0.3 is 14.8 Å². The fourth-order valence-electron chi connectivity index (χ4n) is 2.18. The Labute approximate surface area is 116 Å². The van der Waals surface area contributed by atoms with Crippen LogP contribution in [-0.2, 0) is 4.74 Å². The lowest BCUT2D eigenvalue weighted by atomic mass is 10.0.